The topological polar surface area (TPSA) is 97.3 Å². The monoisotopic (exact) mass is 613 g/mol. The van der Waals surface area contributed by atoms with E-state index in [0.717, 1.165) is 56.7 Å². The number of hydrogen-bond acceptors (Lipinski definition) is 7. The van der Waals surface area contributed by atoms with Gasteiger partial charge in [0.05, 0.1) is 0 Å². The molecule has 0 bridgehead atoms. The van der Waals surface area contributed by atoms with Crippen molar-refractivity contribution in [3.8, 4) is 23.2 Å². The summed E-state index contributed by atoms with van der Waals surface area (Å²) in [5.41, 5.74) is 10.5. The summed E-state index contributed by atoms with van der Waals surface area (Å²) in [5.74, 6) is 0. The predicted molar refractivity (Wildman–Crippen MR) is 145 cm³/mol. The van der Waals surface area contributed by atoms with E-state index >= 15 is 0 Å². The number of nitrogens with two attached hydrogens (primary N) is 1. The SMILES string of the molecule is N#Cc1c(N)[se]c2cccc(-c3c4c(c5cnc(OC[C@]67CCCN6CC(=C(F)F)C7)nc5c3Cl)COC4)c12. The van der Waals surface area contributed by atoms with Crippen LogP contribution in [0.1, 0.15) is 36.0 Å². The van der Waals surface area contributed by atoms with Crippen LogP contribution in [-0.2, 0) is 18.0 Å². The second-order valence-corrected chi connectivity index (χ2v) is 12.9. The molecule has 5 heterocycles. The molecule has 0 unspecified atom stereocenters. The molecule has 39 heavy (non-hydrogen) atoms. The van der Waals surface area contributed by atoms with E-state index in [-0.39, 0.29) is 45.7 Å². The number of halogens is 3. The van der Waals surface area contributed by atoms with Crippen molar-refractivity contribution in [1.29, 1.82) is 5.26 Å². The van der Waals surface area contributed by atoms with Gasteiger partial charge in [0, 0.05) is 12.1 Å². The van der Waals surface area contributed by atoms with Crippen molar-refractivity contribution >= 4 is 51.2 Å². The van der Waals surface area contributed by atoms with Gasteiger partial charge in [0.1, 0.15) is 0 Å². The molecule has 0 saturated carbocycles. The quantitative estimate of drug-likeness (QED) is 0.308. The molecule has 0 aliphatic carbocycles. The molecule has 2 aromatic carbocycles. The summed E-state index contributed by atoms with van der Waals surface area (Å²) in [6, 6.07) is 8.34. The van der Waals surface area contributed by atoms with Gasteiger partial charge in [-0.25, -0.2) is 0 Å². The van der Waals surface area contributed by atoms with Gasteiger partial charge in [0.15, 0.2) is 0 Å². The molecule has 1 atom stereocenters. The Bertz CT molecular complexity index is 1760. The van der Waals surface area contributed by atoms with Crippen LogP contribution in [0, 0.1) is 11.3 Å². The fourth-order valence-corrected chi connectivity index (χ4v) is 8.75. The third-order valence-corrected chi connectivity index (χ3v) is 10.6. The Morgan fingerprint density at radius 1 is 1.31 bits per heavy atom. The van der Waals surface area contributed by atoms with Crippen LogP contribution in [0.4, 0.5) is 13.3 Å². The molecule has 198 valence electrons. The van der Waals surface area contributed by atoms with E-state index < -0.39 is 11.6 Å². The van der Waals surface area contributed by atoms with Crippen molar-refractivity contribution < 1.29 is 18.3 Å². The van der Waals surface area contributed by atoms with Crippen molar-refractivity contribution in [1.82, 2.24) is 14.9 Å². The second-order valence-electron chi connectivity index (χ2n) is 10.3. The van der Waals surface area contributed by atoms with Gasteiger partial charge in [0.25, 0.3) is 6.08 Å². The molecule has 4 aromatic rings. The van der Waals surface area contributed by atoms with Crippen molar-refractivity contribution in [2.45, 2.75) is 38.0 Å². The van der Waals surface area contributed by atoms with E-state index in [1.165, 1.54) is 0 Å². The molecule has 11 heteroatoms. The molecule has 3 aliphatic heterocycles. The summed E-state index contributed by atoms with van der Waals surface area (Å²) >= 11 is 6.98. The molecule has 7 nitrogen and oxygen atoms in total. The zero-order valence-electron chi connectivity index (χ0n) is 20.7. The molecule has 2 N–H and O–H groups in total. The van der Waals surface area contributed by atoms with E-state index in [1.54, 1.807) is 6.20 Å². The zero-order chi connectivity index (χ0) is 26.9. The predicted octanol–water partition coefficient (Wildman–Crippen LogP) is 5.41. The van der Waals surface area contributed by atoms with Gasteiger partial charge in [-0.05, 0) is 13.0 Å². The number of ether oxygens (including phenoxy) is 2. The molecule has 2 saturated heterocycles. The summed E-state index contributed by atoms with van der Waals surface area (Å²) < 4.78 is 40.3. The first kappa shape index (κ1) is 24.9. The van der Waals surface area contributed by atoms with E-state index in [1.807, 2.05) is 18.2 Å². The Kier molecular flexibility index (Phi) is 5.92. The first-order valence-electron chi connectivity index (χ1n) is 12.6. The third-order valence-electron chi connectivity index (χ3n) is 8.20. The van der Waals surface area contributed by atoms with Crippen LogP contribution < -0.4 is 10.5 Å². The number of benzene rings is 2. The van der Waals surface area contributed by atoms with E-state index in [2.05, 4.69) is 16.0 Å². The van der Waals surface area contributed by atoms with Crippen LogP contribution in [0.5, 0.6) is 6.01 Å². The first-order valence-corrected chi connectivity index (χ1v) is 14.7. The molecular formula is C28H22ClF2N5O2Se. The van der Waals surface area contributed by atoms with E-state index in [9.17, 15) is 14.0 Å². The Balaban J connectivity index is 1.33. The van der Waals surface area contributed by atoms with Crippen molar-refractivity contribution in [3.63, 3.8) is 0 Å². The summed E-state index contributed by atoms with van der Waals surface area (Å²) in [6.45, 7) is 2.04. The van der Waals surface area contributed by atoms with Crippen LogP contribution in [0.25, 0.3) is 31.7 Å². The van der Waals surface area contributed by atoms with E-state index in [4.69, 9.17) is 31.8 Å². The fraction of sp³-hybridized carbons (Fsp3) is 0.321. The average Bonchev–Trinajstić information content (AvgIpc) is 3.69. The van der Waals surface area contributed by atoms with Crippen LogP contribution >= 0.6 is 11.6 Å². The molecule has 0 spiro atoms. The van der Waals surface area contributed by atoms with Crippen molar-refractivity contribution in [3.05, 3.63) is 57.8 Å². The molecule has 0 amide bonds. The second kappa shape index (κ2) is 9.26. The third kappa shape index (κ3) is 3.80. The van der Waals surface area contributed by atoms with Crippen LogP contribution in [0.3, 0.4) is 0 Å². The van der Waals surface area contributed by atoms with Crippen molar-refractivity contribution in [2.75, 3.05) is 25.4 Å². The average molecular weight is 613 g/mol. The number of hydrogen-bond donors (Lipinski definition) is 1. The Morgan fingerprint density at radius 3 is 2.97 bits per heavy atom. The Hall–Kier alpha value is -3.06. The van der Waals surface area contributed by atoms with Gasteiger partial charge >= 0.3 is 194 Å². The van der Waals surface area contributed by atoms with Crippen LogP contribution in [0.15, 0.2) is 36.0 Å². The minimum atomic E-state index is -1.59. The minimum absolute atomic E-state index is 0.128. The standard InChI is InChI=1S/C28H22ClF2N5O2Se/c29-23-22(15-3-1-4-20-21(15)16(8-32)26(33)39-20)19-12-37-11-18(19)17-9-34-27(35-24(17)23)38-13-28-5-2-6-36(28)10-14(7-28)25(30)31/h1,3-4,9H,2,5-7,10-13,33H2/t28-/m1/s1. The van der Waals surface area contributed by atoms with Gasteiger partial charge in [-0.15, -0.1) is 0 Å². The molecule has 3 aliphatic rings. The number of nitrogen functional groups attached to an aromatic ring is 1. The van der Waals surface area contributed by atoms with Crippen LogP contribution in [-0.4, -0.2) is 54.6 Å². The maximum atomic E-state index is 13.4. The summed E-state index contributed by atoms with van der Waals surface area (Å²) in [4.78, 5) is 11.3. The first-order chi connectivity index (χ1) is 18.9. The molecule has 2 aromatic heterocycles. The molecular weight excluding hydrogens is 591 g/mol. The van der Waals surface area contributed by atoms with Gasteiger partial charge in [-0.3, -0.25) is 0 Å². The number of fused-ring (bicyclic) bond motifs is 5. The van der Waals surface area contributed by atoms with Gasteiger partial charge in [-0.2, -0.15) is 8.78 Å². The van der Waals surface area contributed by atoms with Crippen molar-refractivity contribution in [2.24, 2.45) is 0 Å². The number of nitrogens with zero attached hydrogens (tertiary/aromatic N) is 4. The van der Waals surface area contributed by atoms with Gasteiger partial charge < -0.3 is 0 Å². The molecule has 2 fully saturated rings. The van der Waals surface area contributed by atoms with Crippen LogP contribution in [0.2, 0.25) is 5.02 Å². The van der Waals surface area contributed by atoms with Gasteiger partial charge in [-0.1, -0.05) is 0 Å². The Morgan fingerprint density at radius 2 is 2.15 bits per heavy atom. The number of nitriles is 1. The number of anilines is 1. The normalized spacial score (nSPS) is 20.5. The van der Waals surface area contributed by atoms with E-state index in [0.29, 0.717) is 33.9 Å². The maximum absolute atomic E-state index is 13.4. The molecule has 0 radical (unpaired) electrons. The number of aromatic nitrogens is 2. The number of rotatable bonds is 4. The Labute approximate surface area is 233 Å². The van der Waals surface area contributed by atoms with Gasteiger partial charge in [0.2, 0.25) is 0 Å². The summed E-state index contributed by atoms with van der Waals surface area (Å²) in [7, 11) is 0. The summed E-state index contributed by atoms with van der Waals surface area (Å²) in [6.07, 6.45) is 2.12. The fourth-order valence-electron chi connectivity index (χ4n) is 6.40. The summed E-state index contributed by atoms with van der Waals surface area (Å²) in [5, 5.41) is 11.9. The zero-order valence-corrected chi connectivity index (χ0v) is 23.2. The molecule has 7 rings (SSSR count).